The summed E-state index contributed by atoms with van der Waals surface area (Å²) in [5.74, 6) is 0. The van der Waals surface area contributed by atoms with Gasteiger partial charge in [-0.1, -0.05) is 51.5 Å². The zero-order valence-electron chi connectivity index (χ0n) is 15.8. The third kappa shape index (κ3) is 10.0. The maximum atomic E-state index is 10.7. The van der Waals surface area contributed by atoms with Crippen LogP contribution in [0.5, 0.6) is 0 Å². The van der Waals surface area contributed by atoms with Crippen molar-refractivity contribution in [3.05, 3.63) is 12.2 Å². The summed E-state index contributed by atoms with van der Waals surface area (Å²) in [5.41, 5.74) is -0.891. The lowest BCUT2D eigenvalue weighted by molar-refractivity contribution is -0.112. The van der Waals surface area contributed by atoms with Crippen molar-refractivity contribution in [2.45, 2.75) is 83.9 Å². The third-order valence-electron chi connectivity index (χ3n) is 4.07. The number of allylic oxidation sites excluding steroid dienone is 2. The van der Waals surface area contributed by atoms with Gasteiger partial charge < -0.3 is 14.6 Å². The number of nitrogens with zero attached hydrogens (tertiary/aromatic N) is 1. The van der Waals surface area contributed by atoms with Crippen molar-refractivity contribution in [3.8, 4) is 0 Å². The molecule has 0 saturated carbocycles. The second kappa shape index (κ2) is 13.6. The van der Waals surface area contributed by atoms with Crippen LogP contribution >= 0.6 is 0 Å². The fourth-order valence-corrected chi connectivity index (χ4v) is 2.68. The van der Waals surface area contributed by atoms with Crippen molar-refractivity contribution in [2.24, 2.45) is 0 Å². The minimum atomic E-state index is -1.13. The maximum absolute atomic E-state index is 10.7. The SMILES string of the molecule is CC1(C)OC[C@@H](C=O)N1C(=O)O.CCCCCCCCCC=CC=O. The summed E-state index contributed by atoms with van der Waals surface area (Å²) in [6, 6.07) is -0.669. The summed E-state index contributed by atoms with van der Waals surface area (Å²) in [6.45, 7) is 5.61. The van der Waals surface area contributed by atoms with Crippen molar-refractivity contribution in [2.75, 3.05) is 6.61 Å². The molecule has 25 heavy (non-hydrogen) atoms. The van der Waals surface area contributed by atoms with Crippen LogP contribution in [0.25, 0.3) is 0 Å². The number of rotatable bonds is 10. The Morgan fingerprint density at radius 2 is 1.76 bits per heavy atom. The number of carbonyl (C=O) groups is 3. The van der Waals surface area contributed by atoms with Crippen LogP contribution in [0.4, 0.5) is 4.79 Å². The molecule has 1 saturated heterocycles. The molecule has 0 aromatic heterocycles. The molecule has 1 aliphatic rings. The highest BCUT2D eigenvalue weighted by Crippen LogP contribution is 2.25. The maximum Gasteiger partial charge on any atom is 0.410 e. The van der Waals surface area contributed by atoms with Crippen molar-refractivity contribution in [1.29, 1.82) is 0 Å². The van der Waals surface area contributed by atoms with E-state index in [2.05, 4.69) is 6.92 Å². The van der Waals surface area contributed by atoms with Gasteiger partial charge in [-0.25, -0.2) is 4.79 Å². The topological polar surface area (TPSA) is 83.9 Å². The van der Waals surface area contributed by atoms with Gasteiger partial charge in [-0.3, -0.25) is 9.69 Å². The van der Waals surface area contributed by atoms with Crippen LogP contribution in [0.2, 0.25) is 0 Å². The molecular weight excluding hydrogens is 322 g/mol. The monoisotopic (exact) mass is 355 g/mol. The van der Waals surface area contributed by atoms with Crippen LogP contribution in [0.1, 0.15) is 72.1 Å². The van der Waals surface area contributed by atoms with E-state index in [1.54, 1.807) is 19.9 Å². The zero-order chi connectivity index (χ0) is 19.1. The van der Waals surface area contributed by atoms with Crippen LogP contribution < -0.4 is 0 Å². The zero-order valence-corrected chi connectivity index (χ0v) is 15.8. The van der Waals surface area contributed by atoms with E-state index in [9.17, 15) is 14.4 Å². The first-order valence-electron chi connectivity index (χ1n) is 9.12. The summed E-state index contributed by atoms with van der Waals surface area (Å²) in [5, 5.41) is 8.74. The predicted octanol–water partition coefficient (Wildman–Crippen LogP) is 4.18. The second-order valence-electron chi connectivity index (χ2n) is 6.59. The Labute approximate surface area is 151 Å². The summed E-state index contributed by atoms with van der Waals surface area (Å²) in [7, 11) is 0. The number of amides is 1. The van der Waals surface area contributed by atoms with Gasteiger partial charge in [0.25, 0.3) is 0 Å². The van der Waals surface area contributed by atoms with Gasteiger partial charge in [0, 0.05) is 0 Å². The van der Waals surface area contributed by atoms with Gasteiger partial charge in [0.15, 0.2) is 0 Å². The van der Waals surface area contributed by atoms with E-state index in [0.29, 0.717) is 6.29 Å². The van der Waals surface area contributed by atoms with Crippen molar-refractivity contribution in [3.63, 3.8) is 0 Å². The molecular formula is C19H33NO5. The lowest BCUT2D eigenvalue weighted by atomic mass is 10.1. The summed E-state index contributed by atoms with van der Waals surface area (Å²) >= 11 is 0. The lowest BCUT2D eigenvalue weighted by Gasteiger charge is -2.28. The number of ether oxygens (including phenoxy) is 1. The van der Waals surface area contributed by atoms with E-state index in [1.807, 2.05) is 6.08 Å². The van der Waals surface area contributed by atoms with Crippen molar-refractivity contribution in [1.82, 2.24) is 4.90 Å². The average molecular weight is 355 g/mol. The minimum Gasteiger partial charge on any atom is -0.465 e. The number of carbonyl (C=O) groups excluding carboxylic acids is 2. The summed E-state index contributed by atoms with van der Waals surface area (Å²) in [4.78, 5) is 32.0. The molecule has 0 aromatic carbocycles. The van der Waals surface area contributed by atoms with E-state index in [4.69, 9.17) is 9.84 Å². The number of hydrogen-bond donors (Lipinski definition) is 1. The van der Waals surface area contributed by atoms with E-state index in [0.717, 1.165) is 17.6 Å². The van der Waals surface area contributed by atoms with Gasteiger partial charge in [-0.05, 0) is 32.8 Å². The van der Waals surface area contributed by atoms with E-state index >= 15 is 0 Å². The largest absolute Gasteiger partial charge is 0.465 e. The van der Waals surface area contributed by atoms with Crippen LogP contribution in [0, 0.1) is 0 Å². The molecule has 0 unspecified atom stereocenters. The molecule has 6 nitrogen and oxygen atoms in total. The minimum absolute atomic E-state index is 0.142. The highest BCUT2D eigenvalue weighted by atomic mass is 16.5. The Morgan fingerprint density at radius 3 is 2.24 bits per heavy atom. The molecule has 1 amide bonds. The quantitative estimate of drug-likeness (QED) is 0.361. The molecule has 1 rings (SSSR count). The van der Waals surface area contributed by atoms with Crippen molar-refractivity contribution >= 4 is 18.7 Å². The molecule has 1 aliphatic heterocycles. The molecule has 0 radical (unpaired) electrons. The Morgan fingerprint density at radius 1 is 1.16 bits per heavy atom. The van der Waals surface area contributed by atoms with Gasteiger partial charge in [0.05, 0.1) is 6.61 Å². The molecule has 6 heteroatoms. The Bertz CT molecular complexity index is 420. The fraction of sp³-hybridized carbons (Fsp3) is 0.737. The number of carboxylic acid groups (broad SMARTS) is 1. The van der Waals surface area contributed by atoms with Crippen LogP contribution in [0.15, 0.2) is 12.2 Å². The summed E-state index contributed by atoms with van der Waals surface area (Å²) in [6.07, 6.45) is 14.3. The van der Waals surface area contributed by atoms with Crippen LogP contribution in [-0.2, 0) is 14.3 Å². The molecule has 0 aromatic rings. The lowest BCUT2D eigenvalue weighted by Crippen LogP contribution is -2.47. The molecule has 1 fully saturated rings. The molecule has 144 valence electrons. The van der Waals surface area contributed by atoms with E-state index < -0.39 is 17.9 Å². The molecule has 0 spiro atoms. The summed E-state index contributed by atoms with van der Waals surface area (Å²) < 4.78 is 5.13. The van der Waals surface area contributed by atoms with Crippen LogP contribution in [0.3, 0.4) is 0 Å². The number of hydrogen-bond acceptors (Lipinski definition) is 4. The van der Waals surface area contributed by atoms with Gasteiger partial charge >= 0.3 is 6.09 Å². The average Bonchev–Trinajstić information content (AvgIpc) is 2.88. The van der Waals surface area contributed by atoms with Crippen LogP contribution in [-0.4, -0.2) is 47.0 Å². The fourth-order valence-electron chi connectivity index (χ4n) is 2.68. The molecule has 0 aliphatic carbocycles. The first-order valence-corrected chi connectivity index (χ1v) is 9.12. The van der Waals surface area contributed by atoms with Gasteiger partial charge in [0.2, 0.25) is 0 Å². The first-order chi connectivity index (χ1) is 11.9. The third-order valence-corrected chi connectivity index (χ3v) is 4.07. The molecule has 1 heterocycles. The van der Waals surface area contributed by atoms with Crippen molar-refractivity contribution < 1.29 is 24.2 Å². The second-order valence-corrected chi connectivity index (χ2v) is 6.59. The highest BCUT2D eigenvalue weighted by molar-refractivity contribution is 5.73. The standard InChI is InChI=1S/C12H22O.C7H11NO4/c1-2-3-4-5-6-7-8-9-10-11-12-13;1-7(2)8(6(10)11)5(3-9)4-12-7/h10-12H,2-9H2,1H3;3,5H,4H2,1-2H3,(H,10,11)/t;5-/m.1/s1. The Balaban J connectivity index is 0.000000462. The number of unbranched alkanes of at least 4 members (excludes halogenated alkanes) is 7. The highest BCUT2D eigenvalue weighted by Gasteiger charge is 2.43. The van der Waals surface area contributed by atoms with E-state index in [1.165, 1.54) is 44.9 Å². The number of aldehydes is 2. The predicted molar refractivity (Wildman–Crippen MR) is 97.6 cm³/mol. The molecule has 1 N–H and O–H groups in total. The van der Waals surface area contributed by atoms with Gasteiger partial charge in [0.1, 0.15) is 24.3 Å². The van der Waals surface area contributed by atoms with Gasteiger partial charge in [-0.15, -0.1) is 0 Å². The molecule has 1 atom stereocenters. The Hall–Kier alpha value is -1.69. The van der Waals surface area contributed by atoms with E-state index in [-0.39, 0.29) is 6.61 Å². The molecule has 0 bridgehead atoms. The Kier molecular flexibility index (Phi) is 12.7. The first kappa shape index (κ1) is 23.3. The van der Waals surface area contributed by atoms with Gasteiger partial charge in [-0.2, -0.15) is 0 Å². The normalized spacial score (nSPS) is 18.7. The smallest absolute Gasteiger partial charge is 0.410 e.